The van der Waals surface area contributed by atoms with Crippen molar-refractivity contribution in [1.29, 1.82) is 0 Å². The molecule has 3 aromatic rings. The van der Waals surface area contributed by atoms with E-state index in [0.29, 0.717) is 0 Å². The predicted molar refractivity (Wildman–Crippen MR) is 120 cm³/mol. The van der Waals surface area contributed by atoms with Crippen molar-refractivity contribution in [1.82, 2.24) is 4.90 Å². The minimum Gasteiger partial charge on any atom is -0.480 e. The zero-order valence-electron chi connectivity index (χ0n) is 16.6. The van der Waals surface area contributed by atoms with Crippen LogP contribution in [0.25, 0.3) is 11.1 Å². The molecule has 1 heterocycles. The number of carboxylic acid groups (broad SMARTS) is 1. The minimum atomic E-state index is -1.03. The smallest absolute Gasteiger partial charge is 0.410 e. The molecular weight excluding hydrogens is 458 g/mol. The Bertz CT molecular complexity index is 1150. The van der Waals surface area contributed by atoms with Gasteiger partial charge in [-0.05, 0) is 45.5 Å². The molecule has 1 amide bonds. The number of hydrogen-bond donors (Lipinski definition) is 1. The molecule has 1 atom stereocenters. The largest absolute Gasteiger partial charge is 0.480 e. The van der Waals surface area contributed by atoms with Crippen LogP contribution < -0.4 is 0 Å². The monoisotopic (exact) mass is 477 g/mol. The summed E-state index contributed by atoms with van der Waals surface area (Å²) in [7, 11) is 0. The summed E-state index contributed by atoms with van der Waals surface area (Å²) in [6.45, 7) is 0.378. The van der Waals surface area contributed by atoms with Crippen molar-refractivity contribution < 1.29 is 19.4 Å². The number of halogens is 1. The van der Waals surface area contributed by atoms with E-state index in [1.807, 2.05) is 42.5 Å². The number of hydrogen-bond acceptors (Lipinski definition) is 3. The molecule has 31 heavy (non-hydrogen) atoms. The topological polar surface area (TPSA) is 66.8 Å². The standard InChI is InChI=1S/C25H20BrNO4/c26-17-10-9-15-12-23(24(28)29)27(13-16(15)11-17)25(30)31-14-22-20-7-3-1-5-18(20)19-6-2-4-8-21(19)22/h1-11,22-23H,12-14H2,(H,28,29). The van der Waals surface area contributed by atoms with Gasteiger partial charge in [-0.25, -0.2) is 9.59 Å². The number of nitrogens with zero attached hydrogens (tertiary/aromatic N) is 1. The molecule has 6 heteroatoms. The van der Waals surface area contributed by atoms with E-state index in [9.17, 15) is 14.7 Å². The first kappa shape index (κ1) is 19.8. The highest BCUT2D eigenvalue weighted by atomic mass is 79.9. The number of benzene rings is 3. The Hall–Kier alpha value is -3.12. The van der Waals surface area contributed by atoms with Crippen LogP contribution in [0.5, 0.6) is 0 Å². The van der Waals surface area contributed by atoms with E-state index >= 15 is 0 Å². The van der Waals surface area contributed by atoms with Crippen LogP contribution in [0.3, 0.4) is 0 Å². The molecule has 1 unspecified atom stereocenters. The van der Waals surface area contributed by atoms with E-state index in [4.69, 9.17) is 4.74 Å². The van der Waals surface area contributed by atoms with Gasteiger partial charge in [0.15, 0.2) is 0 Å². The third kappa shape index (κ3) is 3.51. The highest BCUT2D eigenvalue weighted by molar-refractivity contribution is 9.10. The minimum absolute atomic E-state index is 0.0640. The Morgan fingerprint density at radius 3 is 2.26 bits per heavy atom. The van der Waals surface area contributed by atoms with Crippen LogP contribution in [-0.2, 0) is 22.5 Å². The summed E-state index contributed by atoms with van der Waals surface area (Å²) in [5.41, 5.74) is 6.43. The van der Waals surface area contributed by atoms with E-state index in [-0.39, 0.29) is 25.5 Å². The molecule has 156 valence electrons. The number of aliphatic carboxylic acids is 1. The first-order valence-electron chi connectivity index (χ1n) is 10.1. The molecule has 0 bridgehead atoms. The normalized spacial score (nSPS) is 16.9. The van der Waals surface area contributed by atoms with Crippen LogP contribution in [0.15, 0.2) is 71.2 Å². The quantitative estimate of drug-likeness (QED) is 0.562. The van der Waals surface area contributed by atoms with Crippen LogP contribution in [0.2, 0.25) is 0 Å². The zero-order valence-corrected chi connectivity index (χ0v) is 18.2. The number of fused-ring (bicyclic) bond motifs is 4. The molecule has 0 fully saturated rings. The molecule has 5 rings (SSSR count). The summed E-state index contributed by atoms with van der Waals surface area (Å²) in [5.74, 6) is -1.09. The molecule has 1 aliphatic heterocycles. The van der Waals surface area contributed by atoms with E-state index < -0.39 is 18.1 Å². The Kier molecular flexibility index (Phi) is 5.02. The third-order valence-corrected chi connectivity index (χ3v) is 6.65. The van der Waals surface area contributed by atoms with Crippen LogP contribution in [0.4, 0.5) is 4.79 Å². The molecule has 0 radical (unpaired) electrons. The van der Waals surface area contributed by atoms with Gasteiger partial charge in [0.25, 0.3) is 0 Å². The van der Waals surface area contributed by atoms with E-state index in [1.165, 1.54) is 4.90 Å². The lowest BCUT2D eigenvalue weighted by atomic mass is 9.94. The van der Waals surface area contributed by atoms with Gasteiger partial charge in [0.05, 0.1) is 6.54 Å². The first-order chi connectivity index (χ1) is 15.0. The summed E-state index contributed by atoms with van der Waals surface area (Å²) in [6.07, 6.45) is -0.331. The number of carbonyl (C=O) groups excluding carboxylic acids is 1. The van der Waals surface area contributed by atoms with Crippen molar-refractivity contribution in [3.63, 3.8) is 0 Å². The molecule has 1 N–H and O–H groups in total. The number of carboxylic acids is 1. The summed E-state index contributed by atoms with van der Waals surface area (Å²) in [6, 6.07) is 21.0. The van der Waals surface area contributed by atoms with Gasteiger partial charge >= 0.3 is 12.1 Å². The Labute approximate surface area is 188 Å². The van der Waals surface area contributed by atoms with Crippen molar-refractivity contribution >= 4 is 28.0 Å². The predicted octanol–water partition coefficient (Wildman–Crippen LogP) is 5.21. The summed E-state index contributed by atoms with van der Waals surface area (Å²) in [5, 5.41) is 9.72. The molecule has 0 spiro atoms. The first-order valence-corrected chi connectivity index (χ1v) is 10.9. The zero-order chi connectivity index (χ0) is 21.5. The Balaban J connectivity index is 1.38. The molecule has 3 aromatic carbocycles. The van der Waals surface area contributed by atoms with Gasteiger partial charge in [0.2, 0.25) is 0 Å². The molecule has 5 nitrogen and oxygen atoms in total. The maximum absolute atomic E-state index is 13.0. The lowest BCUT2D eigenvalue weighted by Crippen LogP contribution is -2.49. The van der Waals surface area contributed by atoms with Crippen molar-refractivity contribution in [2.45, 2.75) is 24.9 Å². The number of ether oxygens (including phenoxy) is 1. The van der Waals surface area contributed by atoms with Crippen molar-refractivity contribution in [2.75, 3.05) is 6.61 Å². The summed E-state index contributed by atoms with van der Waals surface area (Å²) >= 11 is 3.45. The van der Waals surface area contributed by atoms with Gasteiger partial charge in [0.1, 0.15) is 12.6 Å². The number of amides is 1. The molecule has 2 aliphatic rings. The second-order valence-corrected chi connectivity index (χ2v) is 8.82. The van der Waals surface area contributed by atoms with Gasteiger partial charge < -0.3 is 9.84 Å². The second-order valence-electron chi connectivity index (χ2n) is 7.90. The summed E-state index contributed by atoms with van der Waals surface area (Å²) < 4.78 is 6.61. The Morgan fingerprint density at radius 2 is 1.61 bits per heavy atom. The van der Waals surface area contributed by atoms with Gasteiger partial charge in [-0.3, -0.25) is 4.90 Å². The van der Waals surface area contributed by atoms with Gasteiger partial charge in [0, 0.05) is 16.8 Å². The molecule has 0 aromatic heterocycles. The van der Waals surface area contributed by atoms with Gasteiger partial charge in [-0.2, -0.15) is 0 Å². The average Bonchev–Trinajstić information content (AvgIpc) is 3.10. The second kappa shape index (κ2) is 7.85. The van der Waals surface area contributed by atoms with Crippen molar-refractivity contribution in [2.24, 2.45) is 0 Å². The molecule has 1 aliphatic carbocycles. The molecule has 0 saturated carbocycles. The van der Waals surface area contributed by atoms with E-state index in [2.05, 4.69) is 40.2 Å². The fraction of sp³-hybridized carbons (Fsp3) is 0.200. The number of rotatable bonds is 3. The lowest BCUT2D eigenvalue weighted by molar-refractivity contribution is -0.143. The average molecular weight is 478 g/mol. The Morgan fingerprint density at radius 1 is 0.968 bits per heavy atom. The van der Waals surface area contributed by atoms with Gasteiger partial charge in [-0.1, -0.05) is 70.5 Å². The lowest BCUT2D eigenvalue weighted by Gasteiger charge is -2.34. The van der Waals surface area contributed by atoms with Crippen molar-refractivity contribution in [3.8, 4) is 11.1 Å². The summed E-state index contributed by atoms with van der Waals surface area (Å²) in [4.78, 5) is 26.2. The van der Waals surface area contributed by atoms with Crippen LogP contribution >= 0.6 is 15.9 Å². The van der Waals surface area contributed by atoms with Gasteiger partial charge in [-0.15, -0.1) is 0 Å². The molecular formula is C25H20BrNO4. The fourth-order valence-electron chi connectivity index (χ4n) is 4.64. The fourth-order valence-corrected chi connectivity index (χ4v) is 5.05. The SMILES string of the molecule is O=C(O)C1Cc2ccc(Br)cc2CN1C(=O)OCC1c2ccccc2-c2ccccc21. The van der Waals surface area contributed by atoms with Crippen molar-refractivity contribution in [3.05, 3.63) is 93.5 Å². The van der Waals surface area contributed by atoms with Crippen LogP contribution in [-0.4, -0.2) is 34.7 Å². The van der Waals surface area contributed by atoms with Crippen LogP contribution in [0, 0.1) is 0 Å². The maximum atomic E-state index is 13.0. The number of carbonyl (C=O) groups is 2. The van der Waals surface area contributed by atoms with E-state index in [0.717, 1.165) is 37.9 Å². The molecule has 0 saturated heterocycles. The highest BCUT2D eigenvalue weighted by Gasteiger charge is 2.37. The van der Waals surface area contributed by atoms with Crippen LogP contribution in [0.1, 0.15) is 28.2 Å². The third-order valence-electron chi connectivity index (χ3n) is 6.15. The maximum Gasteiger partial charge on any atom is 0.410 e. The highest BCUT2D eigenvalue weighted by Crippen LogP contribution is 2.44. The van der Waals surface area contributed by atoms with E-state index in [1.54, 1.807) is 0 Å².